The topological polar surface area (TPSA) is 42.4 Å². The van der Waals surface area contributed by atoms with E-state index in [0.29, 0.717) is 11.8 Å². The Kier molecular flexibility index (Phi) is 6.13. The highest BCUT2D eigenvalue weighted by Gasteiger charge is 2.53. The van der Waals surface area contributed by atoms with Gasteiger partial charge in [0.15, 0.2) is 0 Å². The number of piperidine rings is 3. The van der Waals surface area contributed by atoms with Crippen molar-refractivity contribution in [1.29, 1.82) is 0 Å². The molecule has 5 atom stereocenters. The van der Waals surface area contributed by atoms with Crippen LogP contribution in [0.2, 0.25) is 0 Å². The predicted octanol–water partition coefficient (Wildman–Crippen LogP) is 0.712. The Bertz CT molecular complexity index is 827. The fourth-order valence-electron chi connectivity index (χ4n) is 5.38. The van der Waals surface area contributed by atoms with E-state index in [1.807, 2.05) is 30.5 Å². The van der Waals surface area contributed by atoms with Crippen LogP contribution in [0.25, 0.3) is 10.9 Å². The average molecular weight is 480 g/mol. The summed E-state index contributed by atoms with van der Waals surface area (Å²) in [6.07, 6.45) is 5.79. The molecule has 3 unspecified atom stereocenters. The first-order chi connectivity index (χ1) is 12.6. The van der Waals surface area contributed by atoms with Crippen molar-refractivity contribution < 1.29 is 38.3 Å². The SMILES string of the molecule is C=CC1C[N+]2(CC)CCC1C[C@H]2[C@@H](O)c1ccnc2ccc(OC)cc12.[I-]. The molecule has 0 aliphatic carbocycles. The van der Waals surface area contributed by atoms with Crippen molar-refractivity contribution in [3.63, 3.8) is 0 Å². The summed E-state index contributed by atoms with van der Waals surface area (Å²) in [6, 6.07) is 8.11. The van der Waals surface area contributed by atoms with E-state index in [1.54, 1.807) is 7.11 Å². The molecule has 4 nitrogen and oxygen atoms in total. The van der Waals surface area contributed by atoms with Crippen LogP contribution in [0, 0.1) is 11.8 Å². The molecule has 1 N–H and O–H groups in total. The second-order valence-electron chi connectivity index (χ2n) is 7.92. The molecule has 27 heavy (non-hydrogen) atoms. The molecule has 3 aliphatic rings. The van der Waals surface area contributed by atoms with E-state index in [0.717, 1.165) is 46.2 Å². The summed E-state index contributed by atoms with van der Waals surface area (Å²) in [4.78, 5) is 4.47. The van der Waals surface area contributed by atoms with Crippen LogP contribution in [0.1, 0.15) is 31.4 Å². The van der Waals surface area contributed by atoms with Gasteiger partial charge >= 0.3 is 0 Å². The second kappa shape index (κ2) is 8.05. The number of benzene rings is 1. The molecule has 3 saturated heterocycles. The molecule has 5 heteroatoms. The number of aliphatic hydroxyl groups is 1. The first kappa shape index (κ1) is 20.6. The van der Waals surface area contributed by atoms with E-state index in [-0.39, 0.29) is 30.0 Å². The van der Waals surface area contributed by atoms with Crippen molar-refractivity contribution in [3.05, 3.63) is 48.7 Å². The zero-order chi connectivity index (χ0) is 18.3. The Balaban J connectivity index is 0.00000210. The standard InChI is InChI=1S/C22H29N2O2.HI/c1-4-15-14-24(5-2)11-9-16(15)12-21(24)22(25)18-8-10-23-20-7-6-17(26-3)13-19(18)20;/h4,6-8,10,13,15-16,21-22,25H,1,5,9,11-12,14H2,2-3H3;1H/q+1;/p-1/t15?,16?,21-,22-,24?;/m0./s1. The number of quaternary nitrogens is 1. The summed E-state index contributed by atoms with van der Waals surface area (Å²) in [5.74, 6) is 2.04. The van der Waals surface area contributed by atoms with E-state index in [2.05, 4.69) is 24.6 Å². The minimum Gasteiger partial charge on any atom is -1.00 e. The van der Waals surface area contributed by atoms with Gasteiger partial charge in [-0.3, -0.25) is 4.98 Å². The number of hydrogen-bond acceptors (Lipinski definition) is 3. The van der Waals surface area contributed by atoms with Gasteiger partial charge in [-0.25, -0.2) is 0 Å². The normalized spacial score (nSPS) is 30.6. The van der Waals surface area contributed by atoms with E-state index in [1.165, 1.54) is 13.0 Å². The average Bonchev–Trinajstić information content (AvgIpc) is 2.72. The molecule has 0 saturated carbocycles. The quantitative estimate of drug-likeness (QED) is 0.390. The third kappa shape index (κ3) is 3.38. The van der Waals surface area contributed by atoms with Crippen molar-refractivity contribution in [2.45, 2.75) is 31.9 Å². The lowest BCUT2D eigenvalue weighted by Gasteiger charge is -2.57. The first-order valence-electron chi connectivity index (χ1n) is 9.71. The number of aromatic nitrogens is 1. The molecular formula is C22H29IN2O2. The van der Waals surface area contributed by atoms with Crippen molar-refractivity contribution in [1.82, 2.24) is 4.98 Å². The molecule has 0 spiro atoms. The summed E-state index contributed by atoms with van der Waals surface area (Å²) in [5.41, 5.74) is 1.89. The predicted molar refractivity (Wildman–Crippen MR) is 104 cm³/mol. The number of pyridine rings is 1. The fourth-order valence-corrected chi connectivity index (χ4v) is 5.38. The van der Waals surface area contributed by atoms with Crippen molar-refractivity contribution in [3.8, 4) is 5.75 Å². The molecule has 1 aromatic carbocycles. The molecule has 3 fully saturated rings. The van der Waals surface area contributed by atoms with Crippen molar-refractivity contribution >= 4 is 10.9 Å². The van der Waals surface area contributed by atoms with Crippen LogP contribution in [-0.4, -0.2) is 47.4 Å². The van der Waals surface area contributed by atoms with Gasteiger partial charge in [0, 0.05) is 30.3 Å². The lowest BCUT2D eigenvalue weighted by molar-refractivity contribution is -0.971. The van der Waals surface area contributed by atoms with E-state index in [4.69, 9.17) is 4.74 Å². The molecule has 2 aromatic rings. The number of fused-ring (bicyclic) bond motifs is 4. The molecule has 3 aliphatic heterocycles. The highest BCUT2D eigenvalue weighted by Crippen LogP contribution is 2.46. The van der Waals surface area contributed by atoms with E-state index >= 15 is 0 Å². The second-order valence-corrected chi connectivity index (χ2v) is 7.92. The van der Waals surface area contributed by atoms with Crippen LogP contribution < -0.4 is 28.7 Å². The monoisotopic (exact) mass is 480 g/mol. The zero-order valence-corrected chi connectivity index (χ0v) is 18.3. The maximum atomic E-state index is 11.5. The molecule has 0 amide bonds. The number of likely N-dealkylation sites (N-methyl/N-ethyl adjacent to an activating group) is 1. The summed E-state index contributed by atoms with van der Waals surface area (Å²) >= 11 is 0. The molecule has 146 valence electrons. The first-order valence-corrected chi connectivity index (χ1v) is 9.71. The minimum atomic E-state index is -0.485. The number of nitrogens with zero attached hydrogens (tertiary/aromatic N) is 2. The summed E-state index contributed by atoms with van der Waals surface area (Å²) < 4.78 is 6.40. The maximum Gasteiger partial charge on any atom is 0.131 e. The molecule has 1 aromatic heterocycles. The molecule has 5 rings (SSSR count). The van der Waals surface area contributed by atoms with Crippen LogP contribution in [0.3, 0.4) is 0 Å². The number of rotatable bonds is 5. The summed E-state index contributed by atoms with van der Waals surface area (Å²) in [6.45, 7) is 9.66. The Labute approximate surface area is 178 Å². The van der Waals surface area contributed by atoms with Gasteiger partial charge in [0.05, 0.1) is 32.3 Å². The van der Waals surface area contributed by atoms with Crippen LogP contribution in [0.5, 0.6) is 5.75 Å². The summed E-state index contributed by atoms with van der Waals surface area (Å²) in [7, 11) is 1.67. The van der Waals surface area contributed by atoms with Gasteiger partial charge in [-0.05, 0) is 42.7 Å². The van der Waals surface area contributed by atoms with Gasteiger partial charge in [-0.15, -0.1) is 6.58 Å². The molecule has 2 bridgehead atoms. The van der Waals surface area contributed by atoms with Crippen molar-refractivity contribution in [2.24, 2.45) is 11.8 Å². The van der Waals surface area contributed by atoms with Crippen molar-refractivity contribution in [2.75, 3.05) is 26.7 Å². The molecular weight excluding hydrogens is 451 g/mol. The van der Waals surface area contributed by atoms with E-state index < -0.39 is 6.10 Å². The Hall–Kier alpha value is -1.18. The van der Waals surface area contributed by atoms with Gasteiger partial charge in [0.2, 0.25) is 0 Å². The van der Waals surface area contributed by atoms with Crippen LogP contribution in [0.4, 0.5) is 0 Å². The largest absolute Gasteiger partial charge is 1.00 e. The minimum absolute atomic E-state index is 0. The highest BCUT2D eigenvalue weighted by molar-refractivity contribution is 5.83. The maximum absolute atomic E-state index is 11.5. The number of methoxy groups -OCH3 is 1. The number of hydrogen-bond donors (Lipinski definition) is 1. The van der Waals surface area contributed by atoms with Crippen LogP contribution in [0.15, 0.2) is 43.1 Å². The third-order valence-corrected chi connectivity index (χ3v) is 6.97. The Morgan fingerprint density at radius 3 is 2.93 bits per heavy atom. The van der Waals surface area contributed by atoms with Crippen LogP contribution >= 0.6 is 0 Å². The lowest BCUT2D eigenvalue weighted by Crippen LogP contribution is -3.00. The van der Waals surface area contributed by atoms with Gasteiger partial charge in [-0.1, -0.05) is 6.08 Å². The van der Waals surface area contributed by atoms with Gasteiger partial charge in [0.1, 0.15) is 17.9 Å². The fraction of sp³-hybridized carbons (Fsp3) is 0.500. The van der Waals surface area contributed by atoms with Gasteiger partial charge in [-0.2, -0.15) is 0 Å². The van der Waals surface area contributed by atoms with Gasteiger partial charge in [0.25, 0.3) is 0 Å². The lowest BCUT2D eigenvalue weighted by atomic mass is 9.71. The smallest absolute Gasteiger partial charge is 0.131 e. The van der Waals surface area contributed by atoms with Gasteiger partial charge < -0.3 is 38.3 Å². The third-order valence-electron chi connectivity index (χ3n) is 6.97. The Morgan fingerprint density at radius 1 is 1.41 bits per heavy atom. The highest BCUT2D eigenvalue weighted by atomic mass is 127. The zero-order valence-electron chi connectivity index (χ0n) is 16.1. The van der Waals surface area contributed by atoms with E-state index in [9.17, 15) is 5.11 Å². The molecule has 4 heterocycles. The number of aliphatic hydroxyl groups excluding tert-OH is 1. The number of halogens is 1. The molecule has 0 radical (unpaired) electrons. The Morgan fingerprint density at radius 2 is 2.22 bits per heavy atom. The summed E-state index contributed by atoms with van der Waals surface area (Å²) in [5, 5.41) is 12.5. The van der Waals surface area contributed by atoms with Crippen LogP contribution in [-0.2, 0) is 0 Å². The number of ether oxygens (including phenoxy) is 1.